The predicted octanol–water partition coefficient (Wildman–Crippen LogP) is 1.94. The number of rotatable bonds is 3. The van der Waals surface area contributed by atoms with Crippen molar-refractivity contribution in [1.82, 2.24) is 5.32 Å². The van der Waals surface area contributed by atoms with Crippen molar-refractivity contribution in [3.63, 3.8) is 0 Å². The maximum absolute atomic E-state index is 6.01. The van der Waals surface area contributed by atoms with Gasteiger partial charge in [-0.15, -0.1) is 0 Å². The Balaban J connectivity index is 1.59. The van der Waals surface area contributed by atoms with Crippen molar-refractivity contribution < 1.29 is 4.74 Å². The van der Waals surface area contributed by atoms with Crippen LogP contribution < -0.4 is 5.32 Å². The summed E-state index contributed by atoms with van der Waals surface area (Å²) in [4.78, 5) is 4.58. The van der Waals surface area contributed by atoms with E-state index in [2.05, 4.69) is 41.5 Å². The van der Waals surface area contributed by atoms with Gasteiger partial charge in [0.05, 0.1) is 6.54 Å². The van der Waals surface area contributed by atoms with E-state index in [4.69, 9.17) is 4.74 Å². The summed E-state index contributed by atoms with van der Waals surface area (Å²) < 4.78 is 6.01. The maximum atomic E-state index is 6.01. The lowest BCUT2D eigenvalue weighted by Crippen LogP contribution is -2.22. The molecule has 1 aromatic rings. The Bertz CT molecular complexity index is 450. The second-order valence-electron chi connectivity index (χ2n) is 5.24. The molecule has 18 heavy (non-hydrogen) atoms. The Kier molecular flexibility index (Phi) is 3.33. The van der Waals surface area contributed by atoms with Crippen LogP contribution in [0.4, 0.5) is 0 Å². The molecule has 96 valence electrons. The Labute approximate surface area is 108 Å². The molecule has 2 heterocycles. The van der Waals surface area contributed by atoms with E-state index in [1.165, 1.54) is 11.1 Å². The largest absolute Gasteiger partial charge is 0.475 e. The van der Waals surface area contributed by atoms with Gasteiger partial charge in [-0.25, -0.2) is 0 Å². The number of hydrogen-bond acceptors (Lipinski definition) is 3. The highest BCUT2D eigenvalue weighted by Gasteiger charge is 2.28. The SMILES string of the molecule is Cc1ccccc1CC1CN=C(C2CCNC2)O1. The van der Waals surface area contributed by atoms with Crippen molar-refractivity contribution in [2.45, 2.75) is 25.9 Å². The van der Waals surface area contributed by atoms with Gasteiger partial charge in [0.2, 0.25) is 0 Å². The third-order valence-electron chi connectivity index (χ3n) is 3.86. The minimum atomic E-state index is 0.238. The molecule has 3 nitrogen and oxygen atoms in total. The summed E-state index contributed by atoms with van der Waals surface area (Å²) in [5, 5.41) is 3.36. The first-order valence-electron chi connectivity index (χ1n) is 6.79. The molecule has 1 fully saturated rings. The minimum absolute atomic E-state index is 0.238. The Morgan fingerprint density at radius 2 is 2.28 bits per heavy atom. The van der Waals surface area contributed by atoms with Crippen molar-refractivity contribution in [3.05, 3.63) is 35.4 Å². The van der Waals surface area contributed by atoms with Crippen molar-refractivity contribution in [2.24, 2.45) is 10.9 Å². The van der Waals surface area contributed by atoms with Crippen molar-refractivity contribution in [1.29, 1.82) is 0 Å². The first-order valence-corrected chi connectivity index (χ1v) is 6.79. The Hall–Kier alpha value is -1.35. The van der Waals surface area contributed by atoms with E-state index in [1.807, 2.05) is 0 Å². The summed E-state index contributed by atoms with van der Waals surface area (Å²) in [7, 11) is 0. The molecular weight excluding hydrogens is 224 g/mol. The van der Waals surface area contributed by atoms with E-state index in [1.54, 1.807) is 0 Å². The molecule has 0 radical (unpaired) electrons. The highest BCUT2D eigenvalue weighted by atomic mass is 16.5. The van der Waals surface area contributed by atoms with Crippen LogP contribution in [-0.4, -0.2) is 31.6 Å². The van der Waals surface area contributed by atoms with Crippen LogP contribution in [0.5, 0.6) is 0 Å². The predicted molar refractivity (Wildman–Crippen MR) is 73.0 cm³/mol. The molecule has 0 spiro atoms. The highest BCUT2D eigenvalue weighted by Crippen LogP contribution is 2.20. The van der Waals surface area contributed by atoms with Crippen LogP contribution in [0.2, 0.25) is 0 Å². The molecule has 0 aliphatic carbocycles. The zero-order chi connectivity index (χ0) is 12.4. The maximum Gasteiger partial charge on any atom is 0.188 e. The number of ether oxygens (including phenoxy) is 1. The van der Waals surface area contributed by atoms with Gasteiger partial charge in [0, 0.05) is 18.9 Å². The van der Waals surface area contributed by atoms with E-state index in [0.717, 1.165) is 38.4 Å². The molecule has 2 aliphatic rings. The van der Waals surface area contributed by atoms with Gasteiger partial charge >= 0.3 is 0 Å². The molecular formula is C15H20N2O. The van der Waals surface area contributed by atoms with Crippen molar-refractivity contribution in [2.75, 3.05) is 19.6 Å². The van der Waals surface area contributed by atoms with Crippen molar-refractivity contribution in [3.8, 4) is 0 Å². The van der Waals surface area contributed by atoms with Gasteiger partial charge in [0.25, 0.3) is 0 Å². The van der Waals surface area contributed by atoms with Gasteiger partial charge in [-0.3, -0.25) is 4.99 Å². The summed E-state index contributed by atoms with van der Waals surface area (Å²) in [5.74, 6) is 1.49. The lowest BCUT2D eigenvalue weighted by atomic mass is 10.0. The molecule has 2 aliphatic heterocycles. The van der Waals surface area contributed by atoms with Crippen LogP contribution in [0.1, 0.15) is 17.5 Å². The molecule has 0 saturated carbocycles. The summed E-state index contributed by atoms with van der Waals surface area (Å²) in [6.45, 7) is 5.10. The lowest BCUT2D eigenvalue weighted by Gasteiger charge is -2.15. The molecule has 0 bridgehead atoms. The van der Waals surface area contributed by atoms with Gasteiger partial charge in [0.15, 0.2) is 5.90 Å². The number of hydrogen-bond donors (Lipinski definition) is 1. The first kappa shape index (κ1) is 11.7. The fourth-order valence-electron chi connectivity index (χ4n) is 2.72. The molecule has 1 aromatic carbocycles. The Morgan fingerprint density at radius 3 is 3.06 bits per heavy atom. The lowest BCUT2D eigenvalue weighted by molar-refractivity contribution is 0.211. The molecule has 2 unspecified atom stereocenters. The Morgan fingerprint density at radius 1 is 1.39 bits per heavy atom. The summed E-state index contributed by atoms with van der Waals surface area (Å²) >= 11 is 0. The van der Waals surface area contributed by atoms with Crippen LogP contribution in [0, 0.1) is 12.8 Å². The molecule has 2 atom stereocenters. The zero-order valence-corrected chi connectivity index (χ0v) is 10.9. The van der Waals surface area contributed by atoms with Crippen LogP contribution in [0.3, 0.4) is 0 Å². The van der Waals surface area contributed by atoms with Gasteiger partial charge in [0.1, 0.15) is 6.10 Å². The quantitative estimate of drug-likeness (QED) is 0.881. The third-order valence-corrected chi connectivity index (χ3v) is 3.86. The molecule has 1 saturated heterocycles. The third kappa shape index (κ3) is 2.41. The van der Waals surface area contributed by atoms with E-state index >= 15 is 0 Å². The smallest absolute Gasteiger partial charge is 0.188 e. The van der Waals surface area contributed by atoms with Crippen LogP contribution in [-0.2, 0) is 11.2 Å². The average Bonchev–Trinajstić information content (AvgIpc) is 3.02. The van der Waals surface area contributed by atoms with E-state index < -0.39 is 0 Å². The summed E-state index contributed by atoms with van der Waals surface area (Å²) in [6.07, 6.45) is 2.37. The average molecular weight is 244 g/mol. The number of aryl methyl sites for hydroxylation is 1. The topological polar surface area (TPSA) is 33.6 Å². The molecule has 3 rings (SSSR count). The van der Waals surface area contributed by atoms with E-state index in [9.17, 15) is 0 Å². The second kappa shape index (κ2) is 5.11. The monoisotopic (exact) mass is 244 g/mol. The van der Waals surface area contributed by atoms with Gasteiger partial charge in [-0.1, -0.05) is 24.3 Å². The first-order chi connectivity index (χ1) is 8.83. The van der Waals surface area contributed by atoms with Crippen LogP contribution >= 0.6 is 0 Å². The summed E-state index contributed by atoms with van der Waals surface area (Å²) in [6, 6.07) is 8.53. The fraction of sp³-hybridized carbons (Fsp3) is 0.533. The highest BCUT2D eigenvalue weighted by molar-refractivity contribution is 5.80. The van der Waals surface area contributed by atoms with Crippen LogP contribution in [0.15, 0.2) is 29.3 Å². The number of benzene rings is 1. The van der Waals surface area contributed by atoms with Crippen LogP contribution in [0.25, 0.3) is 0 Å². The minimum Gasteiger partial charge on any atom is -0.475 e. The van der Waals surface area contributed by atoms with E-state index in [0.29, 0.717) is 5.92 Å². The number of nitrogens with zero attached hydrogens (tertiary/aromatic N) is 1. The summed E-state index contributed by atoms with van der Waals surface area (Å²) in [5.41, 5.74) is 2.72. The molecule has 3 heteroatoms. The number of nitrogens with one attached hydrogen (secondary N) is 1. The van der Waals surface area contributed by atoms with Gasteiger partial charge in [-0.05, 0) is 31.0 Å². The van der Waals surface area contributed by atoms with Gasteiger partial charge in [-0.2, -0.15) is 0 Å². The fourth-order valence-corrected chi connectivity index (χ4v) is 2.72. The normalized spacial score (nSPS) is 27.1. The zero-order valence-electron chi connectivity index (χ0n) is 10.9. The van der Waals surface area contributed by atoms with E-state index in [-0.39, 0.29) is 6.10 Å². The van der Waals surface area contributed by atoms with Gasteiger partial charge < -0.3 is 10.1 Å². The second-order valence-corrected chi connectivity index (χ2v) is 5.24. The standard InChI is InChI=1S/C15H20N2O/c1-11-4-2-3-5-12(11)8-14-10-17-15(18-14)13-6-7-16-9-13/h2-5,13-14,16H,6-10H2,1H3. The van der Waals surface area contributed by atoms with Crippen molar-refractivity contribution >= 4 is 5.90 Å². The molecule has 0 aromatic heterocycles. The molecule has 1 N–H and O–H groups in total. The molecule has 0 amide bonds. The number of aliphatic imine (C=N–C) groups is 1.